The molecule has 0 fully saturated rings. The number of benzene rings is 1. The highest BCUT2D eigenvalue weighted by Gasteiger charge is 2.24. The fourth-order valence-corrected chi connectivity index (χ4v) is 4.30. The number of fused-ring (bicyclic) bond motifs is 3. The van der Waals surface area contributed by atoms with E-state index in [0.717, 1.165) is 5.92 Å². The molecule has 1 N–H and O–H groups in total. The molecule has 3 rings (SSSR count). The number of nitrogens with one attached hydrogen (secondary N) is 1. The molecule has 0 aliphatic heterocycles. The monoisotopic (exact) mass is 245 g/mol. The quantitative estimate of drug-likeness (QED) is 0.745. The van der Waals surface area contributed by atoms with Crippen LogP contribution in [0.4, 0.5) is 0 Å². The number of rotatable bonds is 1. The Hall–Kier alpha value is -0.860. The zero-order valence-electron chi connectivity index (χ0n) is 10.5. The standard InChI is InChI=1S/C15H19NS/c1-10-7-8-12-11-5-3-4-6-14(11)17-15(12)13(9-10)16-2/h3-6,10,13,16H,7-9H2,1-2H3. The SMILES string of the molecule is CNC1CC(C)CCc2c1sc1ccccc21. The molecule has 0 spiro atoms. The van der Waals surface area contributed by atoms with Crippen molar-refractivity contribution in [3.05, 3.63) is 34.7 Å². The first-order chi connectivity index (χ1) is 8.29. The molecule has 1 aliphatic rings. The van der Waals surface area contributed by atoms with Crippen LogP contribution in [0.1, 0.15) is 36.2 Å². The van der Waals surface area contributed by atoms with Crippen molar-refractivity contribution in [1.29, 1.82) is 0 Å². The minimum absolute atomic E-state index is 0.555. The number of aryl methyl sites for hydroxylation is 1. The van der Waals surface area contributed by atoms with Crippen molar-refractivity contribution in [2.75, 3.05) is 7.05 Å². The minimum Gasteiger partial charge on any atom is -0.312 e. The van der Waals surface area contributed by atoms with Gasteiger partial charge in [0, 0.05) is 15.6 Å². The van der Waals surface area contributed by atoms with E-state index in [4.69, 9.17) is 0 Å². The molecule has 0 saturated carbocycles. The Balaban J connectivity index is 2.17. The van der Waals surface area contributed by atoms with Gasteiger partial charge in [0.25, 0.3) is 0 Å². The first-order valence-electron chi connectivity index (χ1n) is 6.47. The second-order valence-corrected chi connectivity index (χ2v) is 6.25. The van der Waals surface area contributed by atoms with Gasteiger partial charge in [0.05, 0.1) is 0 Å². The lowest BCUT2D eigenvalue weighted by Gasteiger charge is -2.16. The van der Waals surface area contributed by atoms with Crippen LogP contribution in [0.5, 0.6) is 0 Å². The molecule has 1 nitrogen and oxygen atoms in total. The van der Waals surface area contributed by atoms with Gasteiger partial charge in [0.1, 0.15) is 0 Å². The molecule has 2 atom stereocenters. The molecule has 2 aromatic rings. The molecular formula is C15H19NS. The molecule has 17 heavy (non-hydrogen) atoms. The van der Waals surface area contributed by atoms with Gasteiger partial charge < -0.3 is 5.32 Å². The van der Waals surface area contributed by atoms with Crippen LogP contribution in [0.15, 0.2) is 24.3 Å². The summed E-state index contributed by atoms with van der Waals surface area (Å²) in [5, 5.41) is 4.99. The van der Waals surface area contributed by atoms with Crippen LogP contribution in [-0.2, 0) is 6.42 Å². The van der Waals surface area contributed by atoms with Crippen LogP contribution in [0.3, 0.4) is 0 Å². The highest BCUT2D eigenvalue weighted by Crippen LogP contribution is 2.41. The van der Waals surface area contributed by atoms with Gasteiger partial charge >= 0.3 is 0 Å². The summed E-state index contributed by atoms with van der Waals surface area (Å²) in [4.78, 5) is 1.58. The lowest BCUT2D eigenvalue weighted by molar-refractivity contribution is 0.430. The van der Waals surface area contributed by atoms with Gasteiger partial charge in [-0.2, -0.15) is 0 Å². The zero-order valence-corrected chi connectivity index (χ0v) is 11.3. The highest BCUT2D eigenvalue weighted by molar-refractivity contribution is 7.19. The van der Waals surface area contributed by atoms with E-state index in [2.05, 4.69) is 43.6 Å². The van der Waals surface area contributed by atoms with Crippen molar-refractivity contribution in [3.8, 4) is 0 Å². The predicted octanol–water partition coefficient (Wildman–Crippen LogP) is 4.13. The number of hydrogen-bond acceptors (Lipinski definition) is 2. The van der Waals surface area contributed by atoms with Gasteiger partial charge in [-0.15, -0.1) is 11.3 Å². The normalized spacial score (nSPS) is 24.6. The summed E-state index contributed by atoms with van der Waals surface area (Å²) >= 11 is 1.99. The Morgan fingerprint density at radius 2 is 2.12 bits per heavy atom. The largest absolute Gasteiger partial charge is 0.312 e. The summed E-state index contributed by atoms with van der Waals surface area (Å²) in [5.41, 5.74) is 1.61. The van der Waals surface area contributed by atoms with Crippen LogP contribution < -0.4 is 5.32 Å². The van der Waals surface area contributed by atoms with E-state index < -0.39 is 0 Å². The van der Waals surface area contributed by atoms with Crippen LogP contribution in [0, 0.1) is 5.92 Å². The van der Waals surface area contributed by atoms with E-state index in [1.807, 2.05) is 11.3 Å². The van der Waals surface area contributed by atoms with Crippen molar-refractivity contribution >= 4 is 21.4 Å². The third kappa shape index (κ3) is 1.90. The van der Waals surface area contributed by atoms with E-state index in [-0.39, 0.29) is 0 Å². The maximum Gasteiger partial charge on any atom is 0.0418 e. The van der Waals surface area contributed by atoms with E-state index in [0.29, 0.717) is 6.04 Å². The summed E-state index contributed by atoms with van der Waals surface area (Å²) < 4.78 is 1.45. The van der Waals surface area contributed by atoms with Crippen LogP contribution in [0.25, 0.3) is 10.1 Å². The zero-order chi connectivity index (χ0) is 11.8. The minimum atomic E-state index is 0.555. The Bertz CT molecular complexity index is 529. The first kappa shape index (κ1) is 11.2. The lowest BCUT2D eigenvalue weighted by atomic mass is 10.0. The fraction of sp³-hybridized carbons (Fsp3) is 0.467. The molecule has 2 unspecified atom stereocenters. The lowest BCUT2D eigenvalue weighted by Crippen LogP contribution is -2.17. The second kappa shape index (κ2) is 4.43. The topological polar surface area (TPSA) is 12.0 Å². The van der Waals surface area contributed by atoms with Gasteiger partial charge in [-0.25, -0.2) is 0 Å². The van der Waals surface area contributed by atoms with Gasteiger partial charge in [-0.05, 0) is 49.2 Å². The molecule has 0 bridgehead atoms. The summed E-state index contributed by atoms with van der Waals surface area (Å²) in [6.07, 6.45) is 3.85. The smallest absolute Gasteiger partial charge is 0.0418 e. The predicted molar refractivity (Wildman–Crippen MR) is 75.7 cm³/mol. The summed E-state index contributed by atoms with van der Waals surface area (Å²) in [6, 6.07) is 9.41. The maximum absolute atomic E-state index is 3.50. The summed E-state index contributed by atoms with van der Waals surface area (Å²) in [7, 11) is 2.09. The highest BCUT2D eigenvalue weighted by atomic mass is 32.1. The number of thiophene rings is 1. The molecule has 0 amide bonds. The molecular weight excluding hydrogens is 226 g/mol. The van der Waals surface area contributed by atoms with Gasteiger partial charge in [0.2, 0.25) is 0 Å². The van der Waals surface area contributed by atoms with Crippen molar-refractivity contribution in [1.82, 2.24) is 5.32 Å². The van der Waals surface area contributed by atoms with Crippen LogP contribution in [0.2, 0.25) is 0 Å². The molecule has 2 heteroatoms. The second-order valence-electron chi connectivity index (χ2n) is 5.16. The fourth-order valence-electron chi connectivity index (χ4n) is 2.92. The average molecular weight is 245 g/mol. The van der Waals surface area contributed by atoms with Crippen molar-refractivity contribution in [2.24, 2.45) is 5.92 Å². The molecule has 1 aromatic heterocycles. The molecule has 90 valence electrons. The Morgan fingerprint density at radius 1 is 1.29 bits per heavy atom. The van der Waals surface area contributed by atoms with Gasteiger partial charge in [0.15, 0.2) is 0 Å². The van der Waals surface area contributed by atoms with E-state index in [1.165, 1.54) is 29.3 Å². The molecule has 1 aromatic carbocycles. The third-order valence-electron chi connectivity index (χ3n) is 3.92. The Morgan fingerprint density at radius 3 is 2.94 bits per heavy atom. The van der Waals surface area contributed by atoms with Crippen molar-refractivity contribution < 1.29 is 0 Å². The summed E-state index contributed by atoms with van der Waals surface area (Å²) in [6.45, 7) is 2.38. The Kier molecular flexibility index (Phi) is 2.93. The molecule has 1 aliphatic carbocycles. The summed E-state index contributed by atoms with van der Waals surface area (Å²) in [5.74, 6) is 0.825. The molecule has 0 radical (unpaired) electrons. The van der Waals surface area contributed by atoms with Crippen LogP contribution >= 0.6 is 11.3 Å². The van der Waals surface area contributed by atoms with Gasteiger partial charge in [-0.3, -0.25) is 0 Å². The van der Waals surface area contributed by atoms with E-state index in [9.17, 15) is 0 Å². The first-order valence-corrected chi connectivity index (χ1v) is 7.29. The number of hydrogen-bond donors (Lipinski definition) is 1. The third-order valence-corrected chi connectivity index (χ3v) is 5.25. The maximum atomic E-state index is 3.50. The van der Waals surface area contributed by atoms with Crippen molar-refractivity contribution in [2.45, 2.75) is 32.2 Å². The average Bonchev–Trinajstić information content (AvgIpc) is 2.64. The van der Waals surface area contributed by atoms with Crippen LogP contribution in [-0.4, -0.2) is 7.05 Å². The van der Waals surface area contributed by atoms with E-state index >= 15 is 0 Å². The van der Waals surface area contributed by atoms with Crippen molar-refractivity contribution in [3.63, 3.8) is 0 Å². The molecule has 1 heterocycles. The molecule has 0 saturated heterocycles. The Labute approximate surface area is 107 Å². The van der Waals surface area contributed by atoms with Gasteiger partial charge in [-0.1, -0.05) is 25.1 Å². The van der Waals surface area contributed by atoms with E-state index in [1.54, 1.807) is 10.4 Å².